The van der Waals surface area contributed by atoms with Gasteiger partial charge in [0.1, 0.15) is 5.75 Å². The lowest BCUT2D eigenvalue weighted by atomic mass is 9.81. The van der Waals surface area contributed by atoms with Gasteiger partial charge < -0.3 is 10.1 Å². The molecule has 0 unspecified atom stereocenters. The van der Waals surface area contributed by atoms with E-state index in [1.165, 1.54) is 13.2 Å². The van der Waals surface area contributed by atoms with E-state index in [4.69, 9.17) is 4.74 Å². The first-order valence-electron chi connectivity index (χ1n) is 6.90. The van der Waals surface area contributed by atoms with Crippen LogP contribution in [0, 0.1) is 5.41 Å². The summed E-state index contributed by atoms with van der Waals surface area (Å²) in [5.41, 5.74) is 0.0117. The van der Waals surface area contributed by atoms with Gasteiger partial charge in [0.05, 0.1) is 16.5 Å². The summed E-state index contributed by atoms with van der Waals surface area (Å²) in [5, 5.41) is 3.29. The Morgan fingerprint density at radius 1 is 1.36 bits per heavy atom. The molecular weight excluding hydrogens is 392 g/mol. The highest BCUT2D eigenvalue weighted by Gasteiger charge is 2.28. The third-order valence-electron chi connectivity index (χ3n) is 3.93. The van der Waals surface area contributed by atoms with Crippen LogP contribution in [0.5, 0.6) is 5.75 Å². The van der Waals surface area contributed by atoms with Crippen LogP contribution in [0.4, 0.5) is 0 Å². The fourth-order valence-electron chi connectivity index (χ4n) is 2.37. The van der Waals surface area contributed by atoms with Crippen molar-refractivity contribution in [2.45, 2.75) is 24.7 Å². The number of methoxy groups -OCH3 is 1. The largest absolute Gasteiger partial charge is 0.496 e. The molecular formula is C14H22BrClN2O3S. The molecule has 1 heterocycles. The van der Waals surface area contributed by atoms with Gasteiger partial charge in [-0.25, -0.2) is 13.1 Å². The second kappa shape index (κ2) is 7.97. The predicted octanol–water partition coefficient (Wildman–Crippen LogP) is 2.55. The number of ether oxygens (including phenoxy) is 1. The fourth-order valence-corrected chi connectivity index (χ4v) is 3.99. The predicted molar refractivity (Wildman–Crippen MR) is 93.3 cm³/mol. The minimum atomic E-state index is -3.52. The number of nitrogens with one attached hydrogen (secondary N) is 2. The van der Waals surface area contributed by atoms with Crippen molar-refractivity contribution >= 4 is 38.4 Å². The Bertz CT molecular complexity index is 604. The van der Waals surface area contributed by atoms with E-state index in [0.29, 0.717) is 12.3 Å². The van der Waals surface area contributed by atoms with Crippen LogP contribution in [0.15, 0.2) is 27.6 Å². The van der Waals surface area contributed by atoms with Gasteiger partial charge in [-0.15, -0.1) is 12.4 Å². The number of piperidine rings is 1. The van der Waals surface area contributed by atoms with E-state index < -0.39 is 10.0 Å². The highest BCUT2D eigenvalue weighted by atomic mass is 79.9. The minimum Gasteiger partial charge on any atom is -0.496 e. The minimum absolute atomic E-state index is 0. The van der Waals surface area contributed by atoms with Crippen molar-refractivity contribution in [2.24, 2.45) is 5.41 Å². The van der Waals surface area contributed by atoms with Crippen LogP contribution in [0.25, 0.3) is 0 Å². The molecule has 5 nitrogen and oxygen atoms in total. The summed E-state index contributed by atoms with van der Waals surface area (Å²) >= 11 is 3.32. The molecule has 0 spiro atoms. The number of benzene rings is 1. The quantitative estimate of drug-likeness (QED) is 0.778. The van der Waals surface area contributed by atoms with E-state index in [1.54, 1.807) is 12.1 Å². The van der Waals surface area contributed by atoms with E-state index in [0.717, 1.165) is 30.4 Å². The summed E-state index contributed by atoms with van der Waals surface area (Å²) in [5.74, 6) is 0.506. The van der Waals surface area contributed by atoms with Gasteiger partial charge in [-0.1, -0.05) is 6.92 Å². The van der Waals surface area contributed by atoms with Gasteiger partial charge in [-0.3, -0.25) is 0 Å². The molecule has 2 rings (SSSR count). The monoisotopic (exact) mass is 412 g/mol. The van der Waals surface area contributed by atoms with Crippen LogP contribution < -0.4 is 14.8 Å². The molecule has 1 aliphatic rings. The van der Waals surface area contributed by atoms with Gasteiger partial charge in [0.25, 0.3) is 0 Å². The van der Waals surface area contributed by atoms with Crippen molar-refractivity contribution < 1.29 is 13.2 Å². The summed E-state index contributed by atoms with van der Waals surface area (Å²) < 4.78 is 33.4. The van der Waals surface area contributed by atoms with Crippen molar-refractivity contribution in [1.29, 1.82) is 0 Å². The van der Waals surface area contributed by atoms with E-state index >= 15 is 0 Å². The second-order valence-electron chi connectivity index (χ2n) is 5.68. The maximum Gasteiger partial charge on any atom is 0.240 e. The van der Waals surface area contributed by atoms with Crippen molar-refractivity contribution in [3.63, 3.8) is 0 Å². The number of hydrogen-bond acceptors (Lipinski definition) is 4. The molecule has 126 valence electrons. The zero-order valence-corrected chi connectivity index (χ0v) is 15.9. The van der Waals surface area contributed by atoms with E-state index in [-0.39, 0.29) is 22.7 Å². The fraction of sp³-hybridized carbons (Fsp3) is 0.571. The Morgan fingerprint density at radius 3 is 2.59 bits per heavy atom. The molecule has 0 saturated carbocycles. The summed E-state index contributed by atoms with van der Waals surface area (Å²) in [6.45, 7) is 4.45. The Balaban J connectivity index is 0.00000242. The molecule has 1 aromatic rings. The molecule has 0 radical (unpaired) electrons. The van der Waals surface area contributed by atoms with Crippen LogP contribution in [0.1, 0.15) is 19.8 Å². The maximum atomic E-state index is 12.4. The molecule has 0 aliphatic carbocycles. The Morgan fingerprint density at radius 2 is 2.00 bits per heavy atom. The molecule has 0 atom stereocenters. The van der Waals surface area contributed by atoms with Crippen molar-refractivity contribution in [3.05, 3.63) is 22.7 Å². The van der Waals surface area contributed by atoms with Crippen LogP contribution in [-0.4, -0.2) is 35.2 Å². The molecule has 1 aromatic carbocycles. The smallest absolute Gasteiger partial charge is 0.240 e. The summed E-state index contributed by atoms with van der Waals surface area (Å²) in [6, 6.07) is 4.77. The Kier molecular flexibility index (Phi) is 7.14. The SMILES string of the molecule is COc1cc(S(=O)(=O)NCC2(C)CCNCC2)ccc1Br.Cl. The highest BCUT2D eigenvalue weighted by Crippen LogP contribution is 2.29. The summed E-state index contributed by atoms with van der Waals surface area (Å²) in [7, 11) is -2.00. The molecule has 0 amide bonds. The van der Waals surface area contributed by atoms with Crippen molar-refractivity contribution in [1.82, 2.24) is 10.0 Å². The lowest BCUT2D eigenvalue weighted by molar-refractivity contribution is 0.232. The first-order valence-corrected chi connectivity index (χ1v) is 9.18. The zero-order chi connectivity index (χ0) is 15.5. The highest BCUT2D eigenvalue weighted by molar-refractivity contribution is 9.10. The topological polar surface area (TPSA) is 67.4 Å². The van der Waals surface area contributed by atoms with Gasteiger partial charge >= 0.3 is 0 Å². The normalized spacial score (nSPS) is 17.6. The van der Waals surface area contributed by atoms with Crippen LogP contribution in [-0.2, 0) is 10.0 Å². The third-order valence-corrected chi connectivity index (χ3v) is 5.99. The molecule has 8 heteroatoms. The first-order chi connectivity index (χ1) is 9.86. The number of sulfonamides is 1. The molecule has 2 N–H and O–H groups in total. The Labute approximate surface area is 146 Å². The van der Waals surface area contributed by atoms with E-state index in [1.807, 2.05) is 0 Å². The van der Waals surface area contributed by atoms with Crippen molar-refractivity contribution in [2.75, 3.05) is 26.7 Å². The molecule has 1 aliphatic heterocycles. The van der Waals surface area contributed by atoms with Gasteiger partial charge in [0.15, 0.2) is 0 Å². The molecule has 22 heavy (non-hydrogen) atoms. The van der Waals surface area contributed by atoms with E-state index in [9.17, 15) is 8.42 Å². The van der Waals surface area contributed by atoms with Gasteiger partial charge in [-0.05, 0) is 59.4 Å². The average Bonchev–Trinajstić information content (AvgIpc) is 2.46. The van der Waals surface area contributed by atoms with Gasteiger partial charge in [-0.2, -0.15) is 0 Å². The number of rotatable bonds is 5. The summed E-state index contributed by atoms with van der Waals surface area (Å²) in [6.07, 6.45) is 1.94. The van der Waals surface area contributed by atoms with Crippen LogP contribution in [0.3, 0.4) is 0 Å². The molecule has 0 aromatic heterocycles. The van der Waals surface area contributed by atoms with Crippen LogP contribution >= 0.6 is 28.3 Å². The maximum absolute atomic E-state index is 12.4. The first kappa shape index (κ1) is 19.7. The average molecular weight is 414 g/mol. The number of halogens is 2. The molecule has 0 bridgehead atoms. The zero-order valence-electron chi connectivity index (χ0n) is 12.7. The van der Waals surface area contributed by atoms with Gasteiger partial charge in [0.2, 0.25) is 10.0 Å². The van der Waals surface area contributed by atoms with Crippen molar-refractivity contribution in [3.8, 4) is 5.75 Å². The summed E-state index contributed by atoms with van der Waals surface area (Å²) in [4.78, 5) is 0.222. The lowest BCUT2D eigenvalue weighted by Crippen LogP contribution is -2.42. The Hall–Kier alpha value is -0.340. The standard InChI is InChI=1S/C14H21BrN2O3S.ClH/c1-14(5-7-16-8-6-14)10-17-21(18,19)11-3-4-12(15)13(9-11)20-2;/h3-4,9,16-17H,5-8,10H2,1-2H3;1H. The number of hydrogen-bond donors (Lipinski definition) is 2. The van der Waals surface area contributed by atoms with Gasteiger partial charge in [0, 0.05) is 12.6 Å². The van der Waals surface area contributed by atoms with E-state index in [2.05, 4.69) is 32.9 Å². The second-order valence-corrected chi connectivity index (χ2v) is 8.30. The van der Waals surface area contributed by atoms with Crippen LogP contribution in [0.2, 0.25) is 0 Å². The molecule has 1 saturated heterocycles. The lowest BCUT2D eigenvalue weighted by Gasteiger charge is -2.34. The third kappa shape index (κ3) is 4.83. The molecule has 1 fully saturated rings.